The summed E-state index contributed by atoms with van der Waals surface area (Å²) >= 11 is 1.63. The number of aromatic nitrogens is 4. The van der Waals surface area contributed by atoms with Crippen molar-refractivity contribution in [1.29, 1.82) is 0 Å². The molecule has 79 heavy (non-hydrogen) atoms. The van der Waals surface area contributed by atoms with E-state index in [4.69, 9.17) is 9.47 Å². The number of nitrogens with zero attached hydrogens (tertiary/aromatic N) is 10. The molecule has 438 valence electrons. The number of carbonyl (C=O) groups excluding carboxylic acids is 2. The molecule has 0 amide bonds. The van der Waals surface area contributed by atoms with Gasteiger partial charge in [0.15, 0.2) is 5.75 Å². The van der Waals surface area contributed by atoms with Crippen molar-refractivity contribution >= 4 is 99.0 Å². The van der Waals surface area contributed by atoms with E-state index in [0.717, 1.165) is 104 Å². The first kappa shape index (κ1) is 64.2. The summed E-state index contributed by atoms with van der Waals surface area (Å²) in [4.78, 5) is 28.6. The number of alkyl halides is 6. The normalized spacial score (nSPS) is 16.1. The average Bonchev–Trinajstić information content (AvgIpc) is 4.14. The zero-order chi connectivity index (χ0) is 58.3. The number of anilines is 4. The van der Waals surface area contributed by atoms with Gasteiger partial charge in [0, 0.05) is 35.5 Å². The molecular formula is C49H68F6N12O8S4. The predicted molar refractivity (Wildman–Crippen MR) is 292 cm³/mol. The average molecular weight is 1200 g/mol. The Morgan fingerprint density at radius 2 is 1.04 bits per heavy atom. The van der Waals surface area contributed by atoms with E-state index < -0.39 is 49.4 Å². The fraction of sp³-hybridized carbons (Fsp3) is 0.633. The Balaban J connectivity index is 0.000000291. The molecule has 0 fully saturated rings. The highest BCUT2D eigenvalue weighted by molar-refractivity contribution is 7.93. The highest BCUT2D eigenvalue weighted by Gasteiger charge is 2.47. The number of benzene rings is 2. The lowest BCUT2D eigenvalue weighted by Gasteiger charge is -2.44. The van der Waals surface area contributed by atoms with Gasteiger partial charge in [0.05, 0.1) is 24.6 Å². The van der Waals surface area contributed by atoms with Gasteiger partial charge < -0.3 is 19.3 Å². The van der Waals surface area contributed by atoms with Gasteiger partial charge in [-0.1, -0.05) is 90.9 Å². The van der Waals surface area contributed by atoms with Gasteiger partial charge in [-0.15, -0.1) is 40.9 Å². The van der Waals surface area contributed by atoms with Crippen molar-refractivity contribution in [3.8, 4) is 0 Å². The van der Waals surface area contributed by atoms with Gasteiger partial charge in [-0.25, -0.2) is 18.0 Å². The molecule has 2 unspecified atom stereocenters. The summed E-state index contributed by atoms with van der Waals surface area (Å²) in [5.41, 5.74) is -2.92. The molecular weight excluding hydrogens is 1130 g/mol. The maximum Gasteiger partial charge on any atom is 0.516 e. The number of aryl methyl sites for hydroxylation is 2. The third kappa shape index (κ3) is 17.4. The van der Waals surface area contributed by atoms with Gasteiger partial charge in [-0.2, -0.15) is 34.8 Å². The molecule has 6 rings (SSSR count). The first-order valence-electron chi connectivity index (χ1n) is 26.3. The predicted octanol–water partition coefficient (Wildman–Crippen LogP) is 13.8. The fourth-order valence-electron chi connectivity index (χ4n) is 9.16. The molecule has 4 heterocycles. The largest absolute Gasteiger partial charge is 0.516 e. The molecule has 0 bridgehead atoms. The van der Waals surface area contributed by atoms with Gasteiger partial charge in [-0.05, 0) is 112 Å². The number of azo groups is 2. The summed E-state index contributed by atoms with van der Waals surface area (Å²) in [6, 6.07) is 6.83. The van der Waals surface area contributed by atoms with Crippen LogP contribution in [0.1, 0.15) is 163 Å². The molecule has 30 heteroatoms. The third-order valence-electron chi connectivity index (χ3n) is 13.1. The van der Waals surface area contributed by atoms with Gasteiger partial charge in [0.1, 0.15) is 11.4 Å². The molecule has 2 aromatic heterocycles. The fourth-order valence-corrected chi connectivity index (χ4v) is 11.8. The molecule has 0 aliphatic carbocycles. The van der Waals surface area contributed by atoms with Crippen LogP contribution in [0.4, 0.5) is 70.7 Å². The maximum absolute atomic E-state index is 13.3. The Bertz CT molecular complexity index is 2970. The van der Waals surface area contributed by atoms with E-state index in [1.54, 1.807) is 22.9 Å². The van der Waals surface area contributed by atoms with Gasteiger partial charge in [0.25, 0.3) is 10.3 Å². The summed E-state index contributed by atoms with van der Waals surface area (Å²) in [5, 5.41) is 31.0. The number of sulfonamides is 2. The van der Waals surface area contributed by atoms with E-state index in [9.17, 15) is 52.8 Å². The van der Waals surface area contributed by atoms with Crippen LogP contribution in [-0.2, 0) is 42.4 Å². The molecule has 0 radical (unpaired) electrons. The number of nitrogens with one attached hydrogen (secondary N) is 2. The Kier molecular flexibility index (Phi) is 23.3. The number of ether oxygens (including phenoxy) is 2. The topological polar surface area (TPSA) is 252 Å². The second kappa shape index (κ2) is 28.7. The van der Waals surface area contributed by atoms with E-state index in [2.05, 4.69) is 83.1 Å². The quantitative estimate of drug-likeness (QED) is 0.0271. The van der Waals surface area contributed by atoms with Crippen molar-refractivity contribution in [2.45, 2.75) is 181 Å². The van der Waals surface area contributed by atoms with Gasteiger partial charge in [-0.3, -0.25) is 9.44 Å². The number of carbonyl (C=O) groups is 2. The summed E-state index contributed by atoms with van der Waals surface area (Å²) in [5.74, 6) is -3.35. The van der Waals surface area contributed by atoms with Crippen LogP contribution >= 0.6 is 22.7 Å². The lowest BCUT2D eigenvalue weighted by atomic mass is 9.90. The molecule has 2 aromatic carbocycles. The standard InChI is InChI=1S/C25H35F3N6O4S2.C24H33F3N6O4S2/c1-5-9-12-38-23(35)22-30-32-24(39-22)31-29-19-13-16-10-11-18(8-4)34(17(6-2)7-3)21(16)14-20(19)33-40(36,37)15-25(26,27)28;1-5-9-12-37-22(34)21-29-31-23(38-21)30-28-18-13-15-10-11-17(8-4)33(16(6-2)7-3)20(15)14-19(18)32-39(35,36)24(25,26)27/h13-14,17-18,33H,5-12,15H2,1-4H3;13-14,16-17,32H,5-12H2,1-4H3. The molecule has 20 nitrogen and oxygen atoms in total. The zero-order valence-corrected chi connectivity index (χ0v) is 48.5. The second-order valence-electron chi connectivity index (χ2n) is 18.6. The van der Waals surface area contributed by atoms with Crippen molar-refractivity contribution < 1.29 is 62.2 Å². The third-order valence-corrected chi connectivity index (χ3v) is 17.1. The number of unbranched alkanes of at least 4 members (excludes halogenated alkanes) is 2. The van der Waals surface area contributed by atoms with Crippen LogP contribution in [0, 0.1) is 0 Å². The van der Waals surface area contributed by atoms with Crippen molar-refractivity contribution in [2.75, 3.05) is 38.2 Å². The van der Waals surface area contributed by atoms with E-state index in [1.807, 2.05) is 27.7 Å². The van der Waals surface area contributed by atoms with Gasteiger partial charge in [0.2, 0.25) is 20.0 Å². The van der Waals surface area contributed by atoms with Crippen LogP contribution < -0.4 is 19.2 Å². The minimum Gasteiger partial charge on any atom is -0.460 e. The van der Waals surface area contributed by atoms with Crippen LogP contribution in [0.25, 0.3) is 0 Å². The molecule has 2 N–H and O–H groups in total. The van der Waals surface area contributed by atoms with Crippen molar-refractivity contribution in [1.82, 2.24) is 20.4 Å². The molecule has 4 aromatic rings. The van der Waals surface area contributed by atoms with Crippen molar-refractivity contribution in [2.24, 2.45) is 20.5 Å². The van der Waals surface area contributed by atoms with Crippen LogP contribution in [0.15, 0.2) is 44.7 Å². The van der Waals surface area contributed by atoms with E-state index >= 15 is 0 Å². The molecule has 2 aliphatic rings. The van der Waals surface area contributed by atoms with Crippen LogP contribution in [0.2, 0.25) is 0 Å². The first-order chi connectivity index (χ1) is 37.4. The molecule has 0 saturated heterocycles. The Labute approximate surface area is 464 Å². The van der Waals surface area contributed by atoms with Crippen LogP contribution in [-0.4, -0.2) is 104 Å². The number of rotatable bonds is 25. The Morgan fingerprint density at radius 3 is 1.39 bits per heavy atom. The Hall–Kier alpha value is -5.62. The molecule has 2 aliphatic heterocycles. The summed E-state index contributed by atoms with van der Waals surface area (Å²) in [6.45, 7) is 16.7. The number of hydrogen-bond acceptors (Lipinski definition) is 20. The number of halogens is 6. The van der Waals surface area contributed by atoms with Crippen molar-refractivity contribution in [3.63, 3.8) is 0 Å². The van der Waals surface area contributed by atoms with E-state index in [0.29, 0.717) is 31.4 Å². The summed E-state index contributed by atoms with van der Waals surface area (Å²) in [6.07, 6.45) is 6.25. The molecule has 2 atom stereocenters. The molecule has 0 saturated carbocycles. The highest BCUT2D eigenvalue weighted by Crippen LogP contribution is 2.45. The lowest BCUT2D eigenvalue weighted by molar-refractivity contribution is -0.106. The summed E-state index contributed by atoms with van der Waals surface area (Å²) < 4.78 is 142. The number of esters is 2. The second-order valence-corrected chi connectivity index (χ2v) is 23.9. The molecule has 0 spiro atoms. The lowest BCUT2D eigenvalue weighted by Crippen LogP contribution is -2.45. The van der Waals surface area contributed by atoms with E-state index in [-0.39, 0.29) is 80.4 Å². The van der Waals surface area contributed by atoms with Crippen molar-refractivity contribution in [3.05, 3.63) is 45.4 Å². The maximum atomic E-state index is 13.3. The monoisotopic (exact) mass is 1190 g/mol. The van der Waals surface area contributed by atoms with Gasteiger partial charge >= 0.3 is 33.6 Å². The van der Waals surface area contributed by atoms with Crippen LogP contribution in [0.3, 0.4) is 0 Å². The zero-order valence-electron chi connectivity index (χ0n) is 45.3. The minimum absolute atomic E-state index is 0.00830. The number of fused-ring (bicyclic) bond motifs is 2. The van der Waals surface area contributed by atoms with Crippen LogP contribution in [0.5, 0.6) is 0 Å². The number of hydrogen-bond donors (Lipinski definition) is 2. The SMILES string of the molecule is CCCCOC(=O)c1nnc(N=Nc2cc3c(cc2NS(=O)(=O)C(F)(F)F)N(C(CC)CC)C(CC)CC3)s1.CCCCOC(=O)c1nnc(N=Nc2cc3c(cc2NS(=O)(=O)CC(F)(F)F)N(C(CC)CC)C(CC)CC3)s1. The first-order valence-corrected chi connectivity index (χ1v) is 31.0. The van der Waals surface area contributed by atoms with E-state index in [1.165, 1.54) is 6.07 Å². The smallest absolute Gasteiger partial charge is 0.460 e. The Morgan fingerprint density at radius 1 is 0.633 bits per heavy atom. The summed E-state index contributed by atoms with van der Waals surface area (Å²) in [7, 11) is -10.5. The highest BCUT2D eigenvalue weighted by atomic mass is 32.2. The minimum atomic E-state index is -5.73.